The molecule has 0 radical (unpaired) electrons. The Morgan fingerprint density at radius 1 is 1.29 bits per heavy atom. The molecule has 1 aliphatic rings. The highest BCUT2D eigenvalue weighted by Crippen LogP contribution is 2.33. The molecule has 0 amide bonds. The fraction of sp³-hybridized carbons (Fsp3) is 0.625. The number of hydrogen-bond donors (Lipinski definition) is 1. The van der Waals surface area contributed by atoms with Crippen LogP contribution in [0.25, 0.3) is 0 Å². The van der Waals surface area contributed by atoms with Crippen LogP contribution >= 0.6 is 0 Å². The first-order chi connectivity index (χ1) is 11.3. The maximum absolute atomic E-state index is 13.0. The van der Waals surface area contributed by atoms with Gasteiger partial charge in [-0.25, -0.2) is 8.42 Å². The van der Waals surface area contributed by atoms with Crippen molar-refractivity contribution in [3.05, 3.63) is 33.4 Å². The van der Waals surface area contributed by atoms with E-state index in [-0.39, 0.29) is 10.6 Å². The lowest BCUT2D eigenvalue weighted by Gasteiger charge is -2.31. The molecule has 1 heterocycles. The molecule has 24 heavy (non-hydrogen) atoms. The monoisotopic (exact) mass is 355 g/mol. The molecule has 7 nitrogen and oxygen atoms in total. The van der Waals surface area contributed by atoms with Crippen molar-refractivity contribution in [1.82, 2.24) is 9.62 Å². The first kappa shape index (κ1) is 18.8. The molecule has 0 spiro atoms. The normalized spacial score (nSPS) is 17.1. The average molecular weight is 355 g/mol. The number of aryl methyl sites for hydroxylation is 1. The van der Waals surface area contributed by atoms with Crippen molar-refractivity contribution in [2.24, 2.45) is 5.92 Å². The van der Waals surface area contributed by atoms with Gasteiger partial charge >= 0.3 is 0 Å². The molecule has 0 atom stereocenters. The minimum atomic E-state index is -3.86. The second kappa shape index (κ2) is 7.58. The van der Waals surface area contributed by atoms with Crippen LogP contribution in [-0.4, -0.2) is 43.8 Å². The predicted octanol–water partition coefficient (Wildman–Crippen LogP) is 2.22. The molecular weight excluding hydrogens is 330 g/mol. The van der Waals surface area contributed by atoms with E-state index in [2.05, 4.69) is 5.32 Å². The molecule has 1 aromatic rings. The van der Waals surface area contributed by atoms with E-state index in [1.807, 2.05) is 6.92 Å². The fourth-order valence-electron chi connectivity index (χ4n) is 3.08. The SMILES string of the molecule is CCNCC1CCN(S(=O)(=O)c2c([N+](=O)[O-])ccc(C)c2C)CC1. The zero-order valence-electron chi connectivity index (χ0n) is 14.4. The minimum Gasteiger partial charge on any atom is -0.317 e. The van der Waals surface area contributed by atoms with Crippen molar-refractivity contribution >= 4 is 15.7 Å². The Bertz CT molecular complexity index is 710. The zero-order valence-corrected chi connectivity index (χ0v) is 15.2. The number of benzene rings is 1. The molecule has 0 saturated carbocycles. The molecule has 0 aliphatic carbocycles. The van der Waals surface area contributed by atoms with Gasteiger partial charge in [0.25, 0.3) is 5.69 Å². The maximum atomic E-state index is 13.0. The molecule has 1 saturated heterocycles. The number of nitro groups is 1. The molecule has 1 aliphatic heterocycles. The van der Waals surface area contributed by atoms with Crippen LogP contribution in [0.1, 0.15) is 30.9 Å². The summed E-state index contributed by atoms with van der Waals surface area (Å²) in [6.45, 7) is 8.03. The molecule has 134 valence electrons. The molecule has 0 aromatic heterocycles. The molecule has 1 aromatic carbocycles. The van der Waals surface area contributed by atoms with Crippen molar-refractivity contribution < 1.29 is 13.3 Å². The number of nitrogens with one attached hydrogen (secondary N) is 1. The van der Waals surface area contributed by atoms with Gasteiger partial charge in [0, 0.05) is 19.2 Å². The van der Waals surface area contributed by atoms with Gasteiger partial charge in [-0.1, -0.05) is 13.0 Å². The summed E-state index contributed by atoms with van der Waals surface area (Å²) in [6, 6.07) is 2.88. The standard InChI is InChI=1S/C16H25N3O4S/c1-4-17-11-14-7-9-18(10-8-14)24(22,23)16-13(3)12(2)5-6-15(16)19(20)21/h5-6,14,17H,4,7-11H2,1-3H3. The second-order valence-electron chi connectivity index (χ2n) is 6.27. The van der Waals surface area contributed by atoms with Crippen molar-refractivity contribution in [3.8, 4) is 0 Å². The first-order valence-corrected chi connectivity index (χ1v) is 9.68. The maximum Gasteiger partial charge on any atom is 0.289 e. The first-order valence-electron chi connectivity index (χ1n) is 8.24. The number of sulfonamides is 1. The van der Waals surface area contributed by atoms with E-state index in [0.717, 1.165) is 31.5 Å². The average Bonchev–Trinajstić information content (AvgIpc) is 2.55. The number of piperidine rings is 1. The summed E-state index contributed by atoms with van der Waals surface area (Å²) in [6.07, 6.45) is 1.54. The summed E-state index contributed by atoms with van der Waals surface area (Å²) in [5.41, 5.74) is 0.855. The fourth-order valence-corrected chi connectivity index (χ4v) is 4.98. The van der Waals surface area contributed by atoms with Crippen LogP contribution in [0.3, 0.4) is 0 Å². The van der Waals surface area contributed by atoms with Crippen LogP contribution in [0, 0.1) is 29.9 Å². The highest BCUT2D eigenvalue weighted by Gasteiger charge is 2.35. The van der Waals surface area contributed by atoms with Crippen molar-refractivity contribution in [3.63, 3.8) is 0 Å². The van der Waals surface area contributed by atoms with Gasteiger partial charge in [0.1, 0.15) is 0 Å². The smallest absolute Gasteiger partial charge is 0.289 e. The summed E-state index contributed by atoms with van der Waals surface area (Å²) in [5, 5.41) is 14.6. The summed E-state index contributed by atoms with van der Waals surface area (Å²) < 4.78 is 27.4. The van der Waals surface area contributed by atoms with Gasteiger partial charge in [0.05, 0.1) is 4.92 Å². The van der Waals surface area contributed by atoms with Crippen LogP contribution in [-0.2, 0) is 10.0 Å². The lowest BCUT2D eigenvalue weighted by Crippen LogP contribution is -2.41. The molecule has 1 N–H and O–H groups in total. The van der Waals surface area contributed by atoms with E-state index >= 15 is 0 Å². The summed E-state index contributed by atoms with van der Waals surface area (Å²) in [7, 11) is -3.86. The van der Waals surface area contributed by atoms with Gasteiger partial charge in [-0.3, -0.25) is 10.1 Å². The lowest BCUT2D eigenvalue weighted by atomic mass is 9.98. The Hall–Kier alpha value is -1.51. The van der Waals surface area contributed by atoms with Gasteiger partial charge in [0.2, 0.25) is 10.0 Å². The third-order valence-corrected chi connectivity index (χ3v) is 6.78. The van der Waals surface area contributed by atoms with E-state index in [1.165, 1.54) is 10.4 Å². The van der Waals surface area contributed by atoms with Crippen LogP contribution in [0.15, 0.2) is 17.0 Å². The number of rotatable bonds is 6. The molecule has 1 fully saturated rings. The Kier molecular flexibility index (Phi) is 5.95. The van der Waals surface area contributed by atoms with Crippen LogP contribution in [0.5, 0.6) is 0 Å². The topological polar surface area (TPSA) is 92.6 Å². The summed E-state index contributed by atoms with van der Waals surface area (Å²) >= 11 is 0. The third kappa shape index (κ3) is 3.76. The minimum absolute atomic E-state index is 0.155. The van der Waals surface area contributed by atoms with Crippen LogP contribution in [0.2, 0.25) is 0 Å². The second-order valence-corrected chi connectivity index (χ2v) is 8.14. The van der Waals surface area contributed by atoms with E-state index in [9.17, 15) is 18.5 Å². The van der Waals surface area contributed by atoms with Gasteiger partial charge in [-0.15, -0.1) is 0 Å². The molecule has 8 heteroatoms. The Labute approximate surface area is 143 Å². The highest BCUT2D eigenvalue weighted by molar-refractivity contribution is 7.89. The van der Waals surface area contributed by atoms with E-state index in [1.54, 1.807) is 19.9 Å². The lowest BCUT2D eigenvalue weighted by molar-refractivity contribution is -0.388. The van der Waals surface area contributed by atoms with Crippen LogP contribution in [0.4, 0.5) is 5.69 Å². The summed E-state index contributed by atoms with van der Waals surface area (Å²) in [4.78, 5) is 10.5. The van der Waals surface area contributed by atoms with Gasteiger partial charge in [-0.05, 0) is 56.8 Å². The van der Waals surface area contributed by atoms with Crippen molar-refractivity contribution in [1.29, 1.82) is 0 Å². The largest absolute Gasteiger partial charge is 0.317 e. The Balaban J connectivity index is 2.29. The van der Waals surface area contributed by atoms with Crippen molar-refractivity contribution in [2.75, 3.05) is 26.2 Å². The molecule has 0 unspecified atom stereocenters. The van der Waals surface area contributed by atoms with Gasteiger partial charge in [-0.2, -0.15) is 4.31 Å². The van der Waals surface area contributed by atoms with Gasteiger partial charge < -0.3 is 5.32 Å². The van der Waals surface area contributed by atoms with E-state index in [0.29, 0.717) is 24.6 Å². The third-order valence-electron chi connectivity index (χ3n) is 4.71. The summed E-state index contributed by atoms with van der Waals surface area (Å²) in [5.74, 6) is 0.449. The zero-order chi connectivity index (χ0) is 17.9. The van der Waals surface area contributed by atoms with Gasteiger partial charge in [0.15, 0.2) is 4.90 Å². The highest BCUT2D eigenvalue weighted by atomic mass is 32.2. The Morgan fingerprint density at radius 2 is 1.92 bits per heavy atom. The van der Waals surface area contributed by atoms with Crippen LogP contribution < -0.4 is 5.32 Å². The number of nitrogens with zero attached hydrogens (tertiary/aromatic N) is 2. The van der Waals surface area contributed by atoms with Crippen molar-refractivity contribution in [2.45, 2.75) is 38.5 Å². The number of hydrogen-bond acceptors (Lipinski definition) is 5. The van der Waals surface area contributed by atoms with E-state index < -0.39 is 14.9 Å². The molecular formula is C16H25N3O4S. The predicted molar refractivity (Wildman–Crippen MR) is 92.6 cm³/mol. The number of nitro benzene ring substituents is 1. The quantitative estimate of drug-likeness (QED) is 0.624. The Morgan fingerprint density at radius 3 is 2.46 bits per heavy atom. The van der Waals surface area contributed by atoms with E-state index in [4.69, 9.17) is 0 Å². The molecule has 0 bridgehead atoms. The molecule has 2 rings (SSSR count).